The van der Waals surface area contributed by atoms with Gasteiger partial charge in [-0.1, -0.05) is 0 Å². The highest BCUT2D eigenvalue weighted by atomic mass is 127. The van der Waals surface area contributed by atoms with E-state index >= 15 is 0 Å². The summed E-state index contributed by atoms with van der Waals surface area (Å²) in [5.41, 5.74) is 0.873. The van der Waals surface area contributed by atoms with Crippen LogP contribution in [-0.4, -0.2) is 71.5 Å². The number of likely N-dealkylation sites (N-methyl/N-ethyl adjacent to an activating group) is 1. The topological polar surface area (TPSA) is 67.4 Å². The summed E-state index contributed by atoms with van der Waals surface area (Å²) in [6.07, 6.45) is 0.165. The predicted octanol–water partition coefficient (Wildman–Crippen LogP) is 1.64. The minimum absolute atomic E-state index is 0. The molecular formula is C16H27IN4O3. The second-order valence-corrected chi connectivity index (χ2v) is 5.40. The van der Waals surface area contributed by atoms with Gasteiger partial charge in [-0.3, -0.25) is 4.99 Å². The fourth-order valence-corrected chi connectivity index (χ4v) is 2.43. The molecule has 0 saturated carbocycles. The molecule has 0 amide bonds. The van der Waals surface area contributed by atoms with Crippen LogP contribution < -0.4 is 20.1 Å². The quantitative estimate of drug-likeness (QED) is 0.404. The molecule has 7 nitrogen and oxygen atoms in total. The Morgan fingerprint density at radius 1 is 1.33 bits per heavy atom. The number of halogens is 1. The zero-order chi connectivity index (χ0) is 16.7. The SMILES string of the molecule is CN=C(NCC1CN(C)CCO1)Nc1ccc(OC)c(OC)c1.I. The van der Waals surface area contributed by atoms with Crippen LogP contribution in [0.1, 0.15) is 0 Å². The van der Waals surface area contributed by atoms with Gasteiger partial charge in [-0.15, -0.1) is 24.0 Å². The molecule has 1 aliphatic rings. The van der Waals surface area contributed by atoms with Crippen LogP contribution in [0.25, 0.3) is 0 Å². The smallest absolute Gasteiger partial charge is 0.195 e. The third kappa shape index (κ3) is 5.99. The maximum atomic E-state index is 5.74. The average Bonchev–Trinajstić information content (AvgIpc) is 2.58. The summed E-state index contributed by atoms with van der Waals surface area (Å²) in [4.78, 5) is 6.50. The molecule has 1 fully saturated rings. The van der Waals surface area contributed by atoms with E-state index in [4.69, 9.17) is 14.2 Å². The highest BCUT2D eigenvalue weighted by Gasteiger charge is 2.17. The lowest BCUT2D eigenvalue weighted by atomic mass is 10.2. The number of nitrogens with one attached hydrogen (secondary N) is 2. The molecule has 0 aliphatic carbocycles. The van der Waals surface area contributed by atoms with Crippen LogP contribution in [0.2, 0.25) is 0 Å². The molecular weight excluding hydrogens is 423 g/mol. The number of methoxy groups -OCH3 is 2. The molecule has 2 rings (SSSR count). The molecule has 1 heterocycles. The van der Waals surface area contributed by atoms with Crippen molar-refractivity contribution in [2.45, 2.75) is 6.10 Å². The second-order valence-electron chi connectivity index (χ2n) is 5.40. The Labute approximate surface area is 160 Å². The lowest BCUT2D eigenvalue weighted by molar-refractivity contribution is -0.0160. The first kappa shape index (κ1) is 20.8. The highest BCUT2D eigenvalue weighted by molar-refractivity contribution is 14.0. The number of hydrogen-bond acceptors (Lipinski definition) is 5. The van der Waals surface area contributed by atoms with Gasteiger partial charge in [0.1, 0.15) is 0 Å². The van der Waals surface area contributed by atoms with Crippen LogP contribution in [-0.2, 0) is 4.74 Å². The van der Waals surface area contributed by atoms with Crippen molar-refractivity contribution in [3.8, 4) is 11.5 Å². The van der Waals surface area contributed by atoms with Gasteiger partial charge in [0, 0.05) is 38.4 Å². The van der Waals surface area contributed by atoms with Crippen LogP contribution in [0, 0.1) is 0 Å². The molecule has 1 unspecified atom stereocenters. The molecule has 0 spiro atoms. The maximum Gasteiger partial charge on any atom is 0.195 e. The third-order valence-corrected chi connectivity index (χ3v) is 3.71. The first-order valence-corrected chi connectivity index (χ1v) is 7.66. The molecule has 1 atom stereocenters. The Morgan fingerprint density at radius 2 is 2.08 bits per heavy atom. The van der Waals surface area contributed by atoms with E-state index in [-0.39, 0.29) is 30.1 Å². The molecule has 1 aromatic rings. The van der Waals surface area contributed by atoms with Gasteiger partial charge in [-0.05, 0) is 19.2 Å². The molecule has 1 aliphatic heterocycles. The molecule has 24 heavy (non-hydrogen) atoms. The molecule has 8 heteroatoms. The van der Waals surface area contributed by atoms with Crippen LogP contribution in [0.15, 0.2) is 23.2 Å². The van der Waals surface area contributed by atoms with Crippen LogP contribution in [0.5, 0.6) is 11.5 Å². The zero-order valence-corrected chi connectivity index (χ0v) is 17.0. The van der Waals surface area contributed by atoms with E-state index in [1.807, 2.05) is 18.2 Å². The fourth-order valence-electron chi connectivity index (χ4n) is 2.43. The number of anilines is 1. The summed E-state index contributed by atoms with van der Waals surface area (Å²) in [6, 6.07) is 5.64. The summed E-state index contributed by atoms with van der Waals surface area (Å²) < 4.78 is 16.3. The molecule has 2 N–H and O–H groups in total. The number of rotatable bonds is 5. The van der Waals surface area contributed by atoms with Gasteiger partial charge < -0.3 is 29.7 Å². The molecule has 1 saturated heterocycles. The zero-order valence-electron chi connectivity index (χ0n) is 14.7. The first-order chi connectivity index (χ1) is 11.2. The summed E-state index contributed by atoms with van der Waals surface area (Å²) >= 11 is 0. The number of guanidine groups is 1. The molecule has 0 aromatic heterocycles. The van der Waals surface area contributed by atoms with Crippen molar-refractivity contribution in [1.82, 2.24) is 10.2 Å². The molecule has 0 radical (unpaired) electrons. The van der Waals surface area contributed by atoms with Crippen molar-refractivity contribution in [2.24, 2.45) is 4.99 Å². The lowest BCUT2D eigenvalue weighted by Gasteiger charge is -2.30. The van der Waals surface area contributed by atoms with E-state index in [2.05, 4.69) is 27.6 Å². The Bertz CT molecular complexity index is 542. The number of benzene rings is 1. The predicted molar refractivity (Wildman–Crippen MR) is 107 cm³/mol. The summed E-state index contributed by atoms with van der Waals surface area (Å²) in [5, 5.41) is 6.53. The van der Waals surface area contributed by atoms with E-state index in [0.717, 1.165) is 25.4 Å². The number of hydrogen-bond donors (Lipinski definition) is 2. The van der Waals surface area contributed by atoms with Crippen molar-refractivity contribution < 1.29 is 14.2 Å². The Hall–Kier alpha value is -1.26. The van der Waals surface area contributed by atoms with Gasteiger partial charge in [0.15, 0.2) is 17.5 Å². The van der Waals surface area contributed by atoms with Crippen molar-refractivity contribution in [3.05, 3.63) is 18.2 Å². The first-order valence-electron chi connectivity index (χ1n) is 7.66. The monoisotopic (exact) mass is 450 g/mol. The van der Waals surface area contributed by atoms with Gasteiger partial charge in [0.25, 0.3) is 0 Å². The van der Waals surface area contributed by atoms with Gasteiger partial charge in [-0.2, -0.15) is 0 Å². The summed E-state index contributed by atoms with van der Waals surface area (Å²) in [6.45, 7) is 3.37. The summed E-state index contributed by atoms with van der Waals surface area (Å²) in [5.74, 6) is 2.05. The van der Waals surface area contributed by atoms with Crippen molar-refractivity contribution in [2.75, 3.05) is 59.9 Å². The second kappa shape index (κ2) is 10.6. The van der Waals surface area contributed by atoms with E-state index in [0.29, 0.717) is 24.0 Å². The largest absolute Gasteiger partial charge is 0.493 e. The van der Waals surface area contributed by atoms with Crippen molar-refractivity contribution in [3.63, 3.8) is 0 Å². The van der Waals surface area contributed by atoms with Gasteiger partial charge in [0.2, 0.25) is 0 Å². The normalized spacial score (nSPS) is 18.5. The number of ether oxygens (including phenoxy) is 3. The molecule has 1 aromatic carbocycles. The van der Waals surface area contributed by atoms with Crippen molar-refractivity contribution >= 4 is 35.6 Å². The fraction of sp³-hybridized carbons (Fsp3) is 0.562. The molecule has 136 valence electrons. The van der Waals surface area contributed by atoms with Crippen LogP contribution >= 0.6 is 24.0 Å². The minimum atomic E-state index is 0. The standard InChI is InChI=1S/C16H26N4O3.HI/c1-17-16(18-10-13-11-20(2)7-8-23-13)19-12-5-6-14(21-3)15(9-12)22-4;/h5-6,9,13H,7-8,10-11H2,1-4H3,(H2,17,18,19);1H. The van der Waals surface area contributed by atoms with Crippen LogP contribution in [0.4, 0.5) is 5.69 Å². The van der Waals surface area contributed by atoms with E-state index in [1.165, 1.54) is 0 Å². The molecule has 0 bridgehead atoms. The van der Waals surface area contributed by atoms with Gasteiger partial charge >= 0.3 is 0 Å². The van der Waals surface area contributed by atoms with Gasteiger partial charge in [0.05, 0.1) is 26.9 Å². The average molecular weight is 450 g/mol. The van der Waals surface area contributed by atoms with Crippen LogP contribution in [0.3, 0.4) is 0 Å². The van der Waals surface area contributed by atoms with E-state index < -0.39 is 0 Å². The number of morpholine rings is 1. The van der Waals surface area contributed by atoms with E-state index in [1.54, 1.807) is 21.3 Å². The van der Waals surface area contributed by atoms with Crippen molar-refractivity contribution in [1.29, 1.82) is 0 Å². The highest BCUT2D eigenvalue weighted by Crippen LogP contribution is 2.29. The Kier molecular flexibility index (Phi) is 9.16. The van der Waals surface area contributed by atoms with E-state index in [9.17, 15) is 0 Å². The summed E-state index contributed by atoms with van der Waals surface area (Å²) in [7, 11) is 7.08. The third-order valence-electron chi connectivity index (χ3n) is 3.71. The lowest BCUT2D eigenvalue weighted by Crippen LogP contribution is -2.47. The Balaban J connectivity index is 0.00000288. The number of aliphatic imine (C=N–C) groups is 1. The number of nitrogens with zero attached hydrogens (tertiary/aromatic N) is 2. The Morgan fingerprint density at radius 3 is 2.71 bits per heavy atom. The van der Waals surface area contributed by atoms with Gasteiger partial charge in [-0.25, -0.2) is 0 Å². The minimum Gasteiger partial charge on any atom is -0.493 e. The maximum absolute atomic E-state index is 5.74.